The fourth-order valence-electron chi connectivity index (χ4n) is 4.71. The zero-order valence-corrected chi connectivity index (χ0v) is 17.7. The van der Waals surface area contributed by atoms with Gasteiger partial charge in [0.15, 0.2) is 0 Å². The third-order valence-electron chi connectivity index (χ3n) is 6.28. The average Bonchev–Trinajstić information content (AvgIpc) is 3.26. The molecule has 28 heavy (non-hydrogen) atoms. The number of nitrogens with zero attached hydrogens (tertiary/aromatic N) is 3. The van der Waals surface area contributed by atoms with Crippen molar-refractivity contribution in [1.29, 1.82) is 0 Å². The number of benzene rings is 2. The molecule has 1 atom stereocenters. The quantitative estimate of drug-likeness (QED) is 0.575. The number of halogens is 2. The molecule has 0 N–H and O–H groups in total. The molecule has 3 nitrogen and oxygen atoms in total. The van der Waals surface area contributed by atoms with Crippen LogP contribution in [-0.2, 0) is 32.9 Å². The Morgan fingerprint density at radius 2 is 1.93 bits per heavy atom. The summed E-state index contributed by atoms with van der Waals surface area (Å²) in [6, 6.07) is 12.9. The van der Waals surface area contributed by atoms with E-state index in [0.717, 1.165) is 53.8 Å². The van der Waals surface area contributed by atoms with Gasteiger partial charge in [-0.2, -0.15) is 0 Å². The number of hydrogen-bond donors (Lipinski definition) is 0. The Kier molecular flexibility index (Phi) is 4.50. The predicted octanol–water partition coefficient (Wildman–Crippen LogP) is 5.23. The lowest BCUT2D eigenvalue weighted by atomic mass is 10.1. The molecule has 144 valence electrons. The van der Waals surface area contributed by atoms with Crippen molar-refractivity contribution >= 4 is 23.2 Å². The van der Waals surface area contributed by atoms with Gasteiger partial charge in [-0.25, -0.2) is 4.98 Å². The lowest BCUT2D eigenvalue weighted by Gasteiger charge is -2.32. The SMILES string of the molecule is Cc1ccc(Cl)c(-c2nc3c(n2C)CN(C2Cc4cccc(Cl)c4C2)CC3)c1. The molecule has 1 unspecified atom stereocenters. The van der Waals surface area contributed by atoms with Gasteiger partial charge in [-0.1, -0.05) is 47.0 Å². The number of aryl methyl sites for hydroxylation is 1. The predicted molar refractivity (Wildman–Crippen MR) is 115 cm³/mol. The highest BCUT2D eigenvalue weighted by Gasteiger charge is 2.32. The Morgan fingerprint density at radius 3 is 2.75 bits per heavy atom. The van der Waals surface area contributed by atoms with Gasteiger partial charge in [0.1, 0.15) is 5.82 Å². The highest BCUT2D eigenvalue weighted by Crippen LogP contribution is 2.35. The molecule has 3 aromatic rings. The topological polar surface area (TPSA) is 21.1 Å². The molecule has 0 bridgehead atoms. The van der Waals surface area contributed by atoms with Gasteiger partial charge in [-0.3, -0.25) is 4.90 Å². The maximum Gasteiger partial charge on any atom is 0.141 e. The molecule has 0 fully saturated rings. The van der Waals surface area contributed by atoms with Crippen molar-refractivity contribution < 1.29 is 0 Å². The molecular weight excluding hydrogens is 389 g/mol. The first-order valence-electron chi connectivity index (χ1n) is 9.82. The van der Waals surface area contributed by atoms with Crippen molar-refractivity contribution in [2.24, 2.45) is 7.05 Å². The molecule has 1 aliphatic carbocycles. The van der Waals surface area contributed by atoms with E-state index >= 15 is 0 Å². The van der Waals surface area contributed by atoms with E-state index in [4.69, 9.17) is 28.2 Å². The third-order valence-corrected chi connectivity index (χ3v) is 6.96. The van der Waals surface area contributed by atoms with Gasteiger partial charge >= 0.3 is 0 Å². The molecule has 2 heterocycles. The van der Waals surface area contributed by atoms with Crippen molar-refractivity contribution in [2.75, 3.05) is 6.54 Å². The molecule has 1 aliphatic heterocycles. The van der Waals surface area contributed by atoms with Crippen LogP contribution in [0.15, 0.2) is 36.4 Å². The smallest absolute Gasteiger partial charge is 0.141 e. The van der Waals surface area contributed by atoms with Gasteiger partial charge in [0.05, 0.1) is 16.4 Å². The van der Waals surface area contributed by atoms with Crippen LogP contribution in [0.1, 0.15) is 28.1 Å². The van der Waals surface area contributed by atoms with Crippen LogP contribution in [0.25, 0.3) is 11.4 Å². The van der Waals surface area contributed by atoms with Gasteiger partial charge in [0.25, 0.3) is 0 Å². The second-order valence-electron chi connectivity index (χ2n) is 8.03. The summed E-state index contributed by atoms with van der Waals surface area (Å²) in [5.74, 6) is 0.971. The Hall–Kier alpha value is -1.81. The van der Waals surface area contributed by atoms with Crippen molar-refractivity contribution in [1.82, 2.24) is 14.5 Å². The van der Waals surface area contributed by atoms with E-state index in [-0.39, 0.29) is 0 Å². The normalized spacial score (nSPS) is 18.9. The van der Waals surface area contributed by atoms with Crippen molar-refractivity contribution in [2.45, 2.75) is 38.8 Å². The van der Waals surface area contributed by atoms with E-state index in [9.17, 15) is 0 Å². The summed E-state index contributed by atoms with van der Waals surface area (Å²) in [6.07, 6.45) is 3.10. The Labute approximate surface area is 175 Å². The molecule has 2 aliphatic rings. The third kappa shape index (κ3) is 2.97. The number of imidazole rings is 1. The summed E-state index contributed by atoms with van der Waals surface area (Å²) >= 11 is 12.9. The van der Waals surface area contributed by atoms with Crippen molar-refractivity contribution in [3.63, 3.8) is 0 Å². The van der Waals surface area contributed by atoms with E-state index < -0.39 is 0 Å². The van der Waals surface area contributed by atoms with E-state index in [1.807, 2.05) is 18.2 Å². The Balaban J connectivity index is 1.44. The summed E-state index contributed by atoms with van der Waals surface area (Å²) in [7, 11) is 2.11. The van der Waals surface area contributed by atoms with Gasteiger partial charge < -0.3 is 4.57 Å². The van der Waals surface area contributed by atoms with E-state index in [0.29, 0.717) is 6.04 Å². The number of aromatic nitrogens is 2. The Morgan fingerprint density at radius 1 is 1.07 bits per heavy atom. The number of fused-ring (bicyclic) bond motifs is 2. The first-order chi connectivity index (χ1) is 13.5. The molecule has 5 rings (SSSR count). The van der Waals surface area contributed by atoms with Crippen LogP contribution in [0.3, 0.4) is 0 Å². The maximum absolute atomic E-state index is 6.49. The molecular formula is C23H23Cl2N3. The second-order valence-corrected chi connectivity index (χ2v) is 8.85. The molecule has 5 heteroatoms. The summed E-state index contributed by atoms with van der Waals surface area (Å²) in [5.41, 5.74) is 7.46. The summed E-state index contributed by atoms with van der Waals surface area (Å²) in [4.78, 5) is 7.57. The number of rotatable bonds is 2. The Bertz CT molecular complexity index is 1070. The standard InChI is InChI=1S/C23H23Cl2N3/c1-14-6-7-20(25)18(10-14)23-26-21-8-9-28(13-22(21)27(23)2)16-11-15-4-3-5-19(24)17(15)12-16/h3-7,10,16H,8-9,11-13H2,1-2H3. The summed E-state index contributed by atoms with van der Waals surface area (Å²) < 4.78 is 2.23. The highest BCUT2D eigenvalue weighted by atomic mass is 35.5. The lowest BCUT2D eigenvalue weighted by Crippen LogP contribution is -2.40. The minimum absolute atomic E-state index is 0.518. The largest absolute Gasteiger partial charge is 0.330 e. The molecule has 0 saturated heterocycles. The zero-order chi connectivity index (χ0) is 19.4. The van der Waals surface area contributed by atoms with Gasteiger partial charge in [-0.05, 0) is 49.1 Å². The fraction of sp³-hybridized carbons (Fsp3) is 0.348. The fourth-order valence-corrected chi connectivity index (χ4v) is 5.19. The number of hydrogen-bond acceptors (Lipinski definition) is 2. The zero-order valence-electron chi connectivity index (χ0n) is 16.2. The van der Waals surface area contributed by atoms with Crippen LogP contribution in [0.5, 0.6) is 0 Å². The second kappa shape index (κ2) is 6.91. The van der Waals surface area contributed by atoms with Crippen molar-refractivity contribution in [3.8, 4) is 11.4 Å². The van der Waals surface area contributed by atoms with E-state index in [2.05, 4.69) is 41.6 Å². The van der Waals surface area contributed by atoms with Gasteiger partial charge in [0.2, 0.25) is 0 Å². The summed E-state index contributed by atoms with van der Waals surface area (Å²) in [6.45, 7) is 4.06. The maximum atomic E-state index is 6.49. The monoisotopic (exact) mass is 411 g/mol. The van der Waals surface area contributed by atoms with Crippen LogP contribution < -0.4 is 0 Å². The van der Waals surface area contributed by atoms with E-state index in [1.54, 1.807) is 0 Å². The molecule has 0 amide bonds. The van der Waals surface area contributed by atoms with Gasteiger partial charge in [-0.15, -0.1) is 0 Å². The molecule has 2 aromatic carbocycles. The minimum atomic E-state index is 0.518. The van der Waals surface area contributed by atoms with Crippen LogP contribution in [-0.4, -0.2) is 27.0 Å². The van der Waals surface area contributed by atoms with Crippen LogP contribution in [0, 0.1) is 6.92 Å². The van der Waals surface area contributed by atoms with Crippen LogP contribution >= 0.6 is 23.2 Å². The summed E-state index contributed by atoms with van der Waals surface area (Å²) in [5, 5.41) is 1.67. The average molecular weight is 412 g/mol. The first-order valence-corrected chi connectivity index (χ1v) is 10.6. The van der Waals surface area contributed by atoms with Gasteiger partial charge in [0, 0.05) is 43.2 Å². The molecule has 0 radical (unpaired) electrons. The van der Waals surface area contributed by atoms with Crippen LogP contribution in [0.2, 0.25) is 10.0 Å². The van der Waals surface area contributed by atoms with Crippen LogP contribution in [0.4, 0.5) is 0 Å². The first kappa shape index (κ1) is 18.2. The molecule has 0 spiro atoms. The minimum Gasteiger partial charge on any atom is -0.330 e. The lowest BCUT2D eigenvalue weighted by molar-refractivity contribution is 0.178. The van der Waals surface area contributed by atoms with Crippen molar-refractivity contribution in [3.05, 3.63) is 74.5 Å². The van der Waals surface area contributed by atoms with E-state index in [1.165, 1.54) is 28.1 Å². The molecule has 0 saturated carbocycles. The highest BCUT2D eigenvalue weighted by molar-refractivity contribution is 6.33. The molecule has 1 aromatic heterocycles.